The van der Waals surface area contributed by atoms with Gasteiger partial charge in [-0.1, -0.05) is 12.5 Å². The number of carbonyl (C=O) groups excluding carboxylic acids is 1. The highest BCUT2D eigenvalue weighted by Crippen LogP contribution is 2.29. The largest absolute Gasteiger partial charge is 0.440 e. The summed E-state index contributed by atoms with van der Waals surface area (Å²) in [5.74, 6) is 1.32. The third kappa shape index (κ3) is 3.76. The fraction of sp³-hybridized carbons (Fsp3) is 0.273. The van der Waals surface area contributed by atoms with Crippen molar-refractivity contribution in [3.8, 4) is 22.2 Å². The van der Waals surface area contributed by atoms with Crippen molar-refractivity contribution in [2.45, 2.75) is 39.2 Å². The number of amides is 1. The van der Waals surface area contributed by atoms with E-state index in [9.17, 15) is 9.18 Å². The van der Waals surface area contributed by atoms with Gasteiger partial charge in [-0.05, 0) is 49.4 Å². The van der Waals surface area contributed by atoms with Crippen LogP contribution in [0.5, 0.6) is 0 Å². The van der Waals surface area contributed by atoms with Gasteiger partial charge in [-0.3, -0.25) is 4.79 Å². The maximum absolute atomic E-state index is 14.5. The molecule has 0 aliphatic carbocycles. The first-order chi connectivity index (χ1) is 15.1. The molecule has 4 aromatic rings. The monoisotopic (exact) mass is 437 g/mol. The molecule has 1 amide bonds. The van der Waals surface area contributed by atoms with Crippen molar-refractivity contribution in [1.29, 1.82) is 0 Å². The fourth-order valence-corrected chi connectivity index (χ4v) is 4.40. The minimum absolute atomic E-state index is 0.0635. The van der Waals surface area contributed by atoms with Crippen LogP contribution in [-0.2, 0) is 13.0 Å². The van der Waals surface area contributed by atoms with E-state index in [0.29, 0.717) is 23.0 Å². The smallest absolute Gasteiger partial charge is 0.278 e. The second-order valence-electron chi connectivity index (χ2n) is 7.45. The topological polar surface area (TPSA) is 85.8 Å². The van der Waals surface area contributed by atoms with Crippen molar-refractivity contribution in [3.05, 3.63) is 58.8 Å². The summed E-state index contributed by atoms with van der Waals surface area (Å²) in [5.41, 5.74) is 0.895. The quantitative estimate of drug-likeness (QED) is 0.481. The van der Waals surface area contributed by atoms with Crippen molar-refractivity contribution in [1.82, 2.24) is 19.7 Å². The Labute approximate surface area is 182 Å². The van der Waals surface area contributed by atoms with Crippen LogP contribution in [0.25, 0.3) is 22.2 Å². The molecule has 0 spiro atoms. The third-order valence-corrected chi connectivity index (χ3v) is 6.18. The Morgan fingerprint density at radius 2 is 2.13 bits per heavy atom. The molecular formula is C22H20FN5O2S. The number of rotatable bonds is 4. The van der Waals surface area contributed by atoms with E-state index in [1.54, 1.807) is 19.1 Å². The molecule has 5 rings (SSSR count). The lowest BCUT2D eigenvalue weighted by Gasteiger charge is -2.10. The van der Waals surface area contributed by atoms with E-state index in [-0.39, 0.29) is 11.4 Å². The number of nitrogens with zero attached hydrogens (tertiary/aromatic N) is 4. The number of aryl methyl sites for hydroxylation is 2. The molecule has 7 nitrogen and oxygen atoms in total. The Kier molecular flexibility index (Phi) is 5.11. The summed E-state index contributed by atoms with van der Waals surface area (Å²) in [6.07, 6.45) is 4.18. The molecule has 0 fully saturated rings. The maximum Gasteiger partial charge on any atom is 0.278 e. The summed E-state index contributed by atoms with van der Waals surface area (Å²) in [7, 11) is 0. The summed E-state index contributed by atoms with van der Waals surface area (Å²) >= 11 is 1.47. The Hall–Kier alpha value is -3.33. The second kappa shape index (κ2) is 8.07. The number of thiophene rings is 1. The summed E-state index contributed by atoms with van der Waals surface area (Å²) in [6, 6.07) is 8.32. The fourth-order valence-electron chi connectivity index (χ4n) is 3.75. The van der Waals surface area contributed by atoms with E-state index in [1.165, 1.54) is 17.4 Å². The van der Waals surface area contributed by atoms with E-state index in [0.717, 1.165) is 42.9 Å². The summed E-state index contributed by atoms with van der Waals surface area (Å²) in [5, 5.41) is 13.2. The van der Waals surface area contributed by atoms with Gasteiger partial charge in [0.05, 0.1) is 10.6 Å². The lowest BCUT2D eigenvalue weighted by molar-refractivity contribution is 0.102. The number of fused-ring (bicyclic) bond motifs is 1. The first-order valence-corrected chi connectivity index (χ1v) is 11.0. The SMILES string of the molecule is Cc1oc(-c2cccs2)nc1C(=O)Nc1cc(-c2nnc3n2CCCCC3)ccc1F. The van der Waals surface area contributed by atoms with Crippen LogP contribution in [0.15, 0.2) is 40.1 Å². The van der Waals surface area contributed by atoms with Crippen molar-refractivity contribution < 1.29 is 13.6 Å². The molecule has 158 valence electrons. The van der Waals surface area contributed by atoms with Gasteiger partial charge in [0.25, 0.3) is 5.91 Å². The molecule has 3 aromatic heterocycles. The first kappa shape index (κ1) is 19.6. The second-order valence-corrected chi connectivity index (χ2v) is 8.40. The van der Waals surface area contributed by atoms with Gasteiger partial charge in [-0.15, -0.1) is 21.5 Å². The zero-order valence-corrected chi connectivity index (χ0v) is 17.7. The number of anilines is 1. The lowest BCUT2D eigenvalue weighted by atomic mass is 10.1. The molecule has 0 saturated heterocycles. The van der Waals surface area contributed by atoms with E-state index < -0.39 is 11.7 Å². The summed E-state index contributed by atoms with van der Waals surface area (Å²) in [4.78, 5) is 17.9. The number of hydrogen-bond acceptors (Lipinski definition) is 6. The molecule has 4 heterocycles. The first-order valence-electron chi connectivity index (χ1n) is 10.1. The zero-order valence-electron chi connectivity index (χ0n) is 16.9. The Bertz CT molecular complexity index is 1250. The van der Waals surface area contributed by atoms with Gasteiger partial charge in [-0.2, -0.15) is 0 Å². The number of aromatic nitrogens is 4. The Balaban J connectivity index is 1.43. The van der Waals surface area contributed by atoms with E-state index >= 15 is 0 Å². The van der Waals surface area contributed by atoms with Gasteiger partial charge in [-0.25, -0.2) is 9.37 Å². The molecule has 1 N–H and O–H groups in total. The van der Waals surface area contributed by atoms with Crippen LogP contribution in [-0.4, -0.2) is 25.7 Å². The number of nitrogens with one attached hydrogen (secondary N) is 1. The molecule has 1 aromatic carbocycles. The minimum Gasteiger partial charge on any atom is -0.440 e. The molecule has 0 radical (unpaired) electrons. The predicted molar refractivity (Wildman–Crippen MR) is 115 cm³/mol. The third-order valence-electron chi connectivity index (χ3n) is 5.33. The number of oxazole rings is 1. The lowest BCUT2D eigenvalue weighted by Crippen LogP contribution is -2.15. The Morgan fingerprint density at radius 3 is 2.97 bits per heavy atom. The highest BCUT2D eigenvalue weighted by Gasteiger charge is 2.21. The van der Waals surface area contributed by atoms with Crippen molar-refractivity contribution in [2.24, 2.45) is 0 Å². The summed E-state index contributed by atoms with van der Waals surface area (Å²) < 4.78 is 22.2. The molecule has 0 atom stereocenters. The van der Waals surface area contributed by atoms with Gasteiger partial charge in [0.2, 0.25) is 5.89 Å². The van der Waals surface area contributed by atoms with Crippen LogP contribution < -0.4 is 5.32 Å². The zero-order chi connectivity index (χ0) is 21.4. The van der Waals surface area contributed by atoms with E-state index in [4.69, 9.17) is 4.42 Å². The summed E-state index contributed by atoms with van der Waals surface area (Å²) in [6.45, 7) is 2.50. The number of carbonyl (C=O) groups is 1. The molecule has 1 aliphatic rings. The van der Waals surface area contributed by atoms with Crippen LogP contribution in [0.2, 0.25) is 0 Å². The minimum atomic E-state index is -0.535. The Morgan fingerprint density at radius 1 is 1.23 bits per heavy atom. The maximum atomic E-state index is 14.5. The number of halogens is 1. The van der Waals surface area contributed by atoms with Crippen LogP contribution in [0.4, 0.5) is 10.1 Å². The molecule has 0 bridgehead atoms. The average Bonchev–Trinajstić information content (AvgIpc) is 3.47. The van der Waals surface area contributed by atoms with Crippen molar-refractivity contribution in [3.63, 3.8) is 0 Å². The standard InChI is InChI=1S/C22H20FN5O2S/c1-13-19(25-22(30-13)17-6-5-11-31-17)21(29)24-16-12-14(8-9-15(16)23)20-27-26-18-7-3-2-4-10-28(18)20/h5-6,8-9,11-12H,2-4,7,10H2,1H3,(H,24,29). The predicted octanol–water partition coefficient (Wildman–Crippen LogP) is 5.09. The highest BCUT2D eigenvalue weighted by atomic mass is 32.1. The number of benzene rings is 1. The molecule has 9 heteroatoms. The van der Waals surface area contributed by atoms with Gasteiger partial charge in [0.1, 0.15) is 17.4 Å². The van der Waals surface area contributed by atoms with Crippen LogP contribution in [0.1, 0.15) is 41.3 Å². The molecule has 31 heavy (non-hydrogen) atoms. The van der Waals surface area contributed by atoms with E-state index in [2.05, 4.69) is 25.1 Å². The average molecular weight is 438 g/mol. The molecule has 0 unspecified atom stereocenters. The van der Waals surface area contributed by atoms with Crippen molar-refractivity contribution in [2.75, 3.05) is 5.32 Å². The van der Waals surface area contributed by atoms with Gasteiger partial charge < -0.3 is 14.3 Å². The van der Waals surface area contributed by atoms with Gasteiger partial charge >= 0.3 is 0 Å². The van der Waals surface area contributed by atoms with Crippen molar-refractivity contribution >= 4 is 22.9 Å². The molecule has 0 saturated carbocycles. The van der Waals surface area contributed by atoms with Crippen LogP contribution in [0, 0.1) is 12.7 Å². The molecule has 1 aliphatic heterocycles. The number of hydrogen-bond donors (Lipinski definition) is 1. The van der Waals surface area contributed by atoms with Gasteiger partial charge in [0.15, 0.2) is 11.5 Å². The molecular weight excluding hydrogens is 417 g/mol. The van der Waals surface area contributed by atoms with E-state index in [1.807, 2.05) is 17.5 Å². The van der Waals surface area contributed by atoms with Crippen LogP contribution in [0.3, 0.4) is 0 Å². The normalized spacial score (nSPS) is 13.6. The van der Waals surface area contributed by atoms with Gasteiger partial charge in [0, 0.05) is 18.5 Å². The van der Waals surface area contributed by atoms with Crippen LogP contribution >= 0.6 is 11.3 Å². The highest BCUT2D eigenvalue weighted by molar-refractivity contribution is 7.13.